The third-order valence-corrected chi connectivity index (χ3v) is 8.66. The minimum atomic E-state index is -3.44. The molecule has 0 amide bonds. The van der Waals surface area contributed by atoms with Crippen LogP contribution in [-0.2, 0) is 10.0 Å². The summed E-state index contributed by atoms with van der Waals surface area (Å²) in [6, 6.07) is 1.86. The molecular formula is C13H20BrClN2O2S2. The molecule has 1 N–H and O–H groups in total. The molecule has 2 heterocycles. The number of rotatable bonds is 5. The van der Waals surface area contributed by atoms with E-state index in [4.69, 9.17) is 11.6 Å². The van der Waals surface area contributed by atoms with Crippen LogP contribution in [0.5, 0.6) is 0 Å². The predicted molar refractivity (Wildman–Crippen MR) is 91.7 cm³/mol. The smallest absolute Gasteiger partial charge is 0.252 e. The third kappa shape index (κ3) is 4.00. The van der Waals surface area contributed by atoms with Crippen LogP contribution in [0.3, 0.4) is 0 Å². The quantitative estimate of drug-likeness (QED) is 0.800. The topological polar surface area (TPSA) is 49.4 Å². The van der Waals surface area contributed by atoms with Gasteiger partial charge in [-0.05, 0) is 54.2 Å². The van der Waals surface area contributed by atoms with Gasteiger partial charge in [0, 0.05) is 19.1 Å². The summed E-state index contributed by atoms with van der Waals surface area (Å²) in [5.41, 5.74) is 0. The SMILES string of the molecule is CCNC(C)C1CCCN(S(=O)(=O)c2cc(Cl)c(Br)s2)C1. The lowest BCUT2D eigenvalue weighted by molar-refractivity contribution is 0.225. The maximum Gasteiger partial charge on any atom is 0.252 e. The normalized spacial score (nSPS) is 22.4. The van der Waals surface area contributed by atoms with Crippen molar-refractivity contribution in [1.29, 1.82) is 0 Å². The Morgan fingerprint density at radius 2 is 2.33 bits per heavy atom. The molecule has 0 aliphatic carbocycles. The fourth-order valence-corrected chi connectivity index (χ4v) is 6.76. The van der Waals surface area contributed by atoms with Crippen LogP contribution >= 0.6 is 38.9 Å². The molecule has 1 aliphatic rings. The maximum atomic E-state index is 12.7. The van der Waals surface area contributed by atoms with Crippen molar-refractivity contribution in [2.75, 3.05) is 19.6 Å². The summed E-state index contributed by atoms with van der Waals surface area (Å²) in [7, 11) is -3.44. The van der Waals surface area contributed by atoms with E-state index in [0.29, 0.717) is 38.1 Å². The number of nitrogens with zero attached hydrogens (tertiary/aromatic N) is 1. The van der Waals surface area contributed by atoms with Gasteiger partial charge < -0.3 is 5.32 Å². The van der Waals surface area contributed by atoms with Crippen molar-refractivity contribution < 1.29 is 8.42 Å². The van der Waals surface area contributed by atoms with E-state index in [-0.39, 0.29) is 0 Å². The molecule has 21 heavy (non-hydrogen) atoms. The van der Waals surface area contributed by atoms with Gasteiger partial charge in [0.15, 0.2) is 0 Å². The predicted octanol–water partition coefficient (Wildman–Crippen LogP) is 3.56. The lowest BCUT2D eigenvalue weighted by atomic mass is 9.93. The largest absolute Gasteiger partial charge is 0.314 e. The summed E-state index contributed by atoms with van der Waals surface area (Å²) < 4.78 is 28.0. The summed E-state index contributed by atoms with van der Waals surface area (Å²) in [5.74, 6) is 0.354. The van der Waals surface area contributed by atoms with Crippen LogP contribution in [0.2, 0.25) is 5.02 Å². The van der Waals surface area contributed by atoms with E-state index in [1.165, 1.54) is 17.4 Å². The number of hydrogen-bond donors (Lipinski definition) is 1. The molecule has 0 bridgehead atoms. The van der Waals surface area contributed by atoms with Crippen molar-refractivity contribution in [2.24, 2.45) is 5.92 Å². The molecule has 120 valence electrons. The average Bonchev–Trinajstić information content (AvgIpc) is 2.80. The van der Waals surface area contributed by atoms with E-state index in [2.05, 4.69) is 35.1 Å². The summed E-state index contributed by atoms with van der Waals surface area (Å²) in [6.45, 7) is 6.26. The molecule has 1 aromatic rings. The van der Waals surface area contributed by atoms with Gasteiger partial charge in [-0.25, -0.2) is 8.42 Å². The van der Waals surface area contributed by atoms with E-state index in [9.17, 15) is 8.42 Å². The summed E-state index contributed by atoms with van der Waals surface area (Å²) in [6.07, 6.45) is 1.97. The van der Waals surface area contributed by atoms with Gasteiger partial charge in [-0.2, -0.15) is 4.31 Å². The van der Waals surface area contributed by atoms with Crippen molar-refractivity contribution in [3.05, 3.63) is 14.9 Å². The second kappa shape index (κ2) is 7.27. The second-order valence-corrected chi connectivity index (χ2v) is 10.2. The lowest BCUT2D eigenvalue weighted by Gasteiger charge is -2.35. The Morgan fingerprint density at radius 1 is 1.62 bits per heavy atom. The Hall–Kier alpha value is 0.340. The summed E-state index contributed by atoms with van der Waals surface area (Å²) in [4.78, 5) is 0. The van der Waals surface area contributed by atoms with Crippen LogP contribution in [0.25, 0.3) is 0 Å². The Labute approximate surface area is 144 Å². The van der Waals surface area contributed by atoms with Crippen LogP contribution in [0.1, 0.15) is 26.7 Å². The van der Waals surface area contributed by atoms with Gasteiger partial charge >= 0.3 is 0 Å². The molecule has 2 unspecified atom stereocenters. The van der Waals surface area contributed by atoms with E-state index in [1.54, 1.807) is 4.31 Å². The van der Waals surface area contributed by atoms with Crippen LogP contribution < -0.4 is 5.32 Å². The van der Waals surface area contributed by atoms with Crippen LogP contribution in [0.4, 0.5) is 0 Å². The molecule has 2 atom stereocenters. The molecule has 2 rings (SSSR count). The second-order valence-electron chi connectivity index (χ2n) is 5.30. The lowest BCUT2D eigenvalue weighted by Crippen LogP contribution is -2.46. The zero-order valence-electron chi connectivity index (χ0n) is 12.1. The number of sulfonamides is 1. The zero-order valence-corrected chi connectivity index (χ0v) is 16.1. The van der Waals surface area contributed by atoms with Crippen LogP contribution in [0, 0.1) is 5.92 Å². The van der Waals surface area contributed by atoms with Gasteiger partial charge in [0.1, 0.15) is 4.21 Å². The van der Waals surface area contributed by atoms with Crippen molar-refractivity contribution in [1.82, 2.24) is 9.62 Å². The highest BCUT2D eigenvalue weighted by molar-refractivity contribution is 9.11. The molecule has 1 saturated heterocycles. The standard InChI is InChI=1S/C13H20BrClN2O2S2/c1-3-16-9(2)10-5-4-6-17(8-10)21(18,19)12-7-11(15)13(14)20-12/h7,9-10,16H,3-6,8H2,1-2H3. The van der Waals surface area contributed by atoms with E-state index >= 15 is 0 Å². The number of hydrogen-bond acceptors (Lipinski definition) is 4. The number of halogens is 2. The fraction of sp³-hybridized carbons (Fsp3) is 0.692. The van der Waals surface area contributed by atoms with Gasteiger partial charge in [0.2, 0.25) is 0 Å². The molecule has 1 fully saturated rings. The molecule has 0 saturated carbocycles. The molecule has 8 heteroatoms. The summed E-state index contributed by atoms with van der Waals surface area (Å²) in [5, 5.41) is 3.84. The van der Waals surface area contributed by atoms with Crippen molar-refractivity contribution in [2.45, 2.75) is 36.9 Å². The first-order valence-corrected chi connectivity index (χ1v) is 10.5. The minimum absolute atomic E-state index is 0.316. The summed E-state index contributed by atoms with van der Waals surface area (Å²) >= 11 is 10.4. The first-order chi connectivity index (χ1) is 9.86. The van der Waals surface area contributed by atoms with Crippen molar-refractivity contribution in [3.8, 4) is 0 Å². The van der Waals surface area contributed by atoms with Gasteiger partial charge in [0.05, 0.1) is 8.81 Å². The highest BCUT2D eigenvalue weighted by Crippen LogP contribution is 2.37. The number of thiophene rings is 1. The average molecular weight is 416 g/mol. The molecule has 0 aromatic carbocycles. The monoisotopic (exact) mass is 414 g/mol. The molecule has 4 nitrogen and oxygen atoms in total. The van der Waals surface area contributed by atoms with E-state index in [0.717, 1.165) is 19.4 Å². The maximum absolute atomic E-state index is 12.7. The minimum Gasteiger partial charge on any atom is -0.314 e. The van der Waals surface area contributed by atoms with Crippen molar-refractivity contribution >= 4 is 48.9 Å². The van der Waals surface area contributed by atoms with Gasteiger partial charge in [0.25, 0.3) is 10.0 Å². The van der Waals surface area contributed by atoms with Gasteiger partial charge in [-0.3, -0.25) is 0 Å². The molecular weight excluding hydrogens is 396 g/mol. The zero-order chi connectivity index (χ0) is 15.6. The molecule has 0 radical (unpaired) electrons. The fourth-order valence-electron chi connectivity index (χ4n) is 2.67. The van der Waals surface area contributed by atoms with Crippen LogP contribution in [0.15, 0.2) is 14.1 Å². The molecule has 1 aromatic heterocycles. The first-order valence-electron chi connectivity index (χ1n) is 7.04. The Balaban J connectivity index is 2.16. The van der Waals surface area contributed by atoms with Crippen molar-refractivity contribution in [3.63, 3.8) is 0 Å². The van der Waals surface area contributed by atoms with E-state index in [1.807, 2.05) is 0 Å². The molecule has 1 aliphatic heterocycles. The highest BCUT2D eigenvalue weighted by Gasteiger charge is 2.33. The number of piperidine rings is 1. The Bertz CT molecular complexity index is 571. The Kier molecular flexibility index (Phi) is 6.13. The number of nitrogens with one attached hydrogen (secondary N) is 1. The molecule has 0 spiro atoms. The van der Waals surface area contributed by atoms with E-state index < -0.39 is 10.0 Å². The van der Waals surface area contributed by atoms with Gasteiger partial charge in [-0.1, -0.05) is 18.5 Å². The Morgan fingerprint density at radius 3 is 2.90 bits per heavy atom. The van der Waals surface area contributed by atoms with Crippen LogP contribution in [-0.4, -0.2) is 38.4 Å². The van der Waals surface area contributed by atoms with Gasteiger partial charge in [-0.15, -0.1) is 11.3 Å². The highest BCUT2D eigenvalue weighted by atomic mass is 79.9. The first kappa shape index (κ1) is 17.7. The third-order valence-electron chi connectivity index (χ3n) is 3.87.